The molecule has 0 heterocycles. The average Bonchev–Trinajstić information content (AvgIpc) is 0.899. The molecule has 2 unspecified atom stereocenters. The van der Waals surface area contributed by atoms with Crippen LogP contribution in [0.15, 0.2) is 134 Å². The molecule has 17 nitrogen and oxygen atoms in total. The highest BCUT2D eigenvalue weighted by molar-refractivity contribution is 7.47. The third-order valence-electron chi connectivity index (χ3n) is 17.1. The van der Waals surface area contributed by atoms with Crippen LogP contribution in [-0.4, -0.2) is 96.7 Å². The standard InChI is InChI=1S/C87H148O17P2/c1-5-9-13-17-21-25-29-33-36-38-40-42-45-49-52-56-60-64-68-72-85(90)98-77-82(103-86(91)73-69-65-61-57-53-47-32-28-24-20-16-12-8-4)79-101-105(93,94)99-75-81(88)76-100-106(95,96)102-80-83(78-97-84(89)71-67-63-59-55-51-48-44-35-31-27-23-19-15-11-7-3)104-87(92)74-70-66-62-58-54-50-46-43-41-39-37-34-30-26-22-18-14-10-6-2/h21-22,25-26,33-37,40-44,49-50,52,54,60,62,64,66,81-83,88H,5-20,23-24,27-32,38-39,45-48,51,53,55-59,61,63,65,67-80H2,1-4H3,(H,93,94)(H,95,96)/b25-21-,26-22-,36-33-,37-34-,42-40-,43-41-,44-35-,52-49-,54-50-,64-60-,66-62-/t81-,82-,83-/m1/s1. The van der Waals surface area contributed by atoms with E-state index in [0.717, 1.165) is 116 Å². The van der Waals surface area contributed by atoms with Crippen LogP contribution in [-0.2, 0) is 65.4 Å². The van der Waals surface area contributed by atoms with Gasteiger partial charge < -0.3 is 33.8 Å². The number of unbranched alkanes of at least 4 members (excludes halogenated alkanes) is 29. The fraction of sp³-hybridized carbons (Fsp3) is 0.701. The minimum atomic E-state index is -5.01. The van der Waals surface area contributed by atoms with E-state index in [2.05, 4.69) is 131 Å². The Morgan fingerprint density at radius 1 is 0.264 bits per heavy atom. The summed E-state index contributed by atoms with van der Waals surface area (Å²) in [5.41, 5.74) is 0. The lowest BCUT2D eigenvalue weighted by atomic mass is 10.0. The Morgan fingerprint density at radius 3 is 0.811 bits per heavy atom. The van der Waals surface area contributed by atoms with Gasteiger partial charge in [-0.1, -0.05) is 315 Å². The summed E-state index contributed by atoms with van der Waals surface area (Å²) in [5.74, 6) is -2.37. The summed E-state index contributed by atoms with van der Waals surface area (Å²) in [6, 6.07) is 0. The molecule has 0 rings (SSSR count). The second-order valence-corrected chi connectivity index (χ2v) is 30.3. The quantitative estimate of drug-likeness (QED) is 0.0169. The first-order valence-electron chi connectivity index (χ1n) is 41.4. The Morgan fingerprint density at radius 2 is 0.481 bits per heavy atom. The maximum atomic E-state index is 13.1. The van der Waals surface area contributed by atoms with Crippen molar-refractivity contribution in [2.45, 2.75) is 354 Å². The van der Waals surface area contributed by atoms with Crippen molar-refractivity contribution in [2.24, 2.45) is 0 Å². The number of phosphoric ester groups is 2. The predicted octanol–water partition coefficient (Wildman–Crippen LogP) is 24.4. The summed E-state index contributed by atoms with van der Waals surface area (Å²) < 4.78 is 68.5. The smallest absolute Gasteiger partial charge is 0.462 e. The number of rotatable bonds is 77. The van der Waals surface area contributed by atoms with Crippen LogP contribution in [0.2, 0.25) is 0 Å². The Labute approximate surface area is 644 Å². The van der Waals surface area contributed by atoms with Gasteiger partial charge >= 0.3 is 39.5 Å². The largest absolute Gasteiger partial charge is 0.472 e. The van der Waals surface area contributed by atoms with Crippen molar-refractivity contribution in [3.05, 3.63) is 134 Å². The number of allylic oxidation sites excluding steroid dienone is 22. The van der Waals surface area contributed by atoms with Gasteiger partial charge in [-0.25, -0.2) is 9.13 Å². The summed E-state index contributed by atoms with van der Waals surface area (Å²) in [6.07, 6.45) is 88.8. The highest BCUT2D eigenvalue weighted by Gasteiger charge is 2.30. The van der Waals surface area contributed by atoms with Crippen LogP contribution in [0.5, 0.6) is 0 Å². The molecule has 0 aliphatic heterocycles. The summed E-state index contributed by atoms with van der Waals surface area (Å²) in [7, 11) is -10.0. The topological polar surface area (TPSA) is 237 Å². The van der Waals surface area contributed by atoms with Gasteiger partial charge in [0.2, 0.25) is 0 Å². The molecule has 106 heavy (non-hydrogen) atoms. The highest BCUT2D eigenvalue weighted by atomic mass is 31.2. The van der Waals surface area contributed by atoms with Crippen molar-refractivity contribution in [2.75, 3.05) is 39.6 Å². The molecule has 0 radical (unpaired) electrons. The van der Waals surface area contributed by atoms with E-state index in [9.17, 15) is 43.2 Å². The molecular formula is C87H148O17P2. The molecule has 0 bridgehead atoms. The molecule has 0 fully saturated rings. The van der Waals surface area contributed by atoms with Gasteiger partial charge in [0.15, 0.2) is 12.2 Å². The second-order valence-electron chi connectivity index (χ2n) is 27.4. The van der Waals surface area contributed by atoms with Gasteiger partial charge in [-0.15, -0.1) is 0 Å². The minimum absolute atomic E-state index is 0.0335. The lowest BCUT2D eigenvalue weighted by molar-refractivity contribution is -0.161. The number of hydrogen-bond acceptors (Lipinski definition) is 15. The number of carbonyl (C=O) groups is 4. The van der Waals surface area contributed by atoms with Crippen molar-refractivity contribution < 1.29 is 80.2 Å². The molecule has 0 spiro atoms. The third kappa shape index (κ3) is 77.4. The third-order valence-corrected chi connectivity index (χ3v) is 19.0. The van der Waals surface area contributed by atoms with E-state index < -0.39 is 97.5 Å². The van der Waals surface area contributed by atoms with Gasteiger partial charge in [0.1, 0.15) is 19.3 Å². The summed E-state index contributed by atoms with van der Waals surface area (Å²) in [5, 5.41) is 10.6. The van der Waals surface area contributed by atoms with Crippen LogP contribution in [0.4, 0.5) is 0 Å². The van der Waals surface area contributed by atoms with Gasteiger partial charge in [0.25, 0.3) is 0 Å². The van der Waals surface area contributed by atoms with E-state index in [4.69, 9.17) is 37.0 Å². The number of carbonyl (C=O) groups excluding carboxylic acids is 4. The first kappa shape index (κ1) is 101. The minimum Gasteiger partial charge on any atom is -0.462 e. The lowest BCUT2D eigenvalue weighted by Gasteiger charge is -2.21. The van der Waals surface area contributed by atoms with Crippen molar-refractivity contribution in [1.29, 1.82) is 0 Å². The Bertz CT molecular complexity index is 2530. The van der Waals surface area contributed by atoms with E-state index in [1.165, 1.54) is 128 Å². The van der Waals surface area contributed by atoms with Crippen molar-refractivity contribution in [3.8, 4) is 0 Å². The second kappa shape index (κ2) is 78.3. The fourth-order valence-electron chi connectivity index (χ4n) is 10.8. The summed E-state index contributed by atoms with van der Waals surface area (Å²) in [6.45, 7) is 4.66. The predicted molar refractivity (Wildman–Crippen MR) is 436 cm³/mol. The molecule has 0 aromatic rings. The molecule has 3 N–H and O–H groups in total. The van der Waals surface area contributed by atoms with Crippen LogP contribution in [0.3, 0.4) is 0 Å². The number of esters is 4. The molecule has 0 saturated heterocycles. The molecular weight excluding hydrogens is 1380 g/mol. The van der Waals surface area contributed by atoms with E-state index >= 15 is 0 Å². The van der Waals surface area contributed by atoms with Gasteiger partial charge in [0.05, 0.1) is 26.4 Å². The first-order valence-corrected chi connectivity index (χ1v) is 44.4. The number of aliphatic hydroxyl groups is 1. The van der Waals surface area contributed by atoms with E-state index in [1.807, 2.05) is 30.4 Å². The molecule has 5 atom stereocenters. The number of phosphoric acid groups is 2. The molecule has 0 amide bonds. The molecule has 0 aliphatic rings. The zero-order chi connectivity index (χ0) is 77.4. The average molecular weight is 1530 g/mol. The number of aliphatic hydroxyl groups excluding tert-OH is 1. The first-order chi connectivity index (χ1) is 51.7. The Kier molecular flexibility index (Phi) is 74.8. The van der Waals surface area contributed by atoms with Crippen molar-refractivity contribution in [3.63, 3.8) is 0 Å². The maximum Gasteiger partial charge on any atom is 0.472 e. The van der Waals surface area contributed by atoms with E-state index in [-0.39, 0.29) is 25.7 Å². The molecule has 0 aromatic heterocycles. The lowest BCUT2D eigenvalue weighted by Crippen LogP contribution is -2.30. The van der Waals surface area contributed by atoms with Gasteiger partial charge in [-0.3, -0.25) is 37.3 Å². The SMILES string of the molecule is CCCCC/C=C\C/C=C\C/C=C\C/C=C\C/C=C\CCC(=O)OC[C@H](COP(=O)(O)OC[C@@H](O)COP(=O)(O)OC[C@@H](COC(=O)CCCCCCC/C=C\CCCCCCCC)OC(=O)CC/C=C\C/C=C\C/C=C\C/C=C\C/C=C\CCCCC)OC(=O)CCCCCCCCCCCCCCC. The van der Waals surface area contributed by atoms with Crippen LogP contribution in [0, 0.1) is 0 Å². The van der Waals surface area contributed by atoms with E-state index in [0.29, 0.717) is 38.5 Å². The van der Waals surface area contributed by atoms with E-state index in [1.54, 1.807) is 0 Å². The molecule has 608 valence electrons. The van der Waals surface area contributed by atoms with Crippen LogP contribution in [0.25, 0.3) is 0 Å². The summed E-state index contributed by atoms with van der Waals surface area (Å²) >= 11 is 0. The van der Waals surface area contributed by atoms with Crippen LogP contribution < -0.4 is 0 Å². The Hall–Kier alpha value is -4.80. The number of ether oxygens (including phenoxy) is 4. The highest BCUT2D eigenvalue weighted by Crippen LogP contribution is 2.45. The fourth-order valence-corrected chi connectivity index (χ4v) is 12.3. The van der Waals surface area contributed by atoms with Gasteiger partial charge in [0, 0.05) is 25.7 Å². The van der Waals surface area contributed by atoms with Crippen LogP contribution in [0.1, 0.15) is 336 Å². The van der Waals surface area contributed by atoms with Gasteiger partial charge in [-0.2, -0.15) is 0 Å². The van der Waals surface area contributed by atoms with Crippen LogP contribution >= 0.6 is 15.6 Å². The molecule has 0 saturated carbocycles. The summed E-state index contributed by atoms with van der Waals surface area (Å²) in [4.78, 5) is 73.0. The monoisotopic (exact) mass is 1530 g/mol. The van der Waals surface area contributed by atoms with Crippen molar-refractivity contribution in [1.82, 2.24) is 0 Å². The maximum absolute atomic E-state index is 13.1. The van der Waals surface area contributed by atoms with Crippen molar-refractivity contribution >= 4 is 39.5 Å². The Balaban J connectivity index is 5.48. The number of hydrogen-bond donors (Lipinski definition) is 3. The molecule has 0 aromatic carbocycles. The van der Waals surface area contributed by atoms with Gasteiger partial charge in [-0.05, 0) is 128 Å². The zero-order valence-corrected chi connectivity index (χ0v) is 68.4. The molecule has 19 heteroatoms. The zero-order valence-electron chi connectivity index (χ0n) is 66.6. The molecule has 0 aliphatic carbocycles. The normalized spacial score (nSPS) is 14.5.